The Morgan fingerprint density at radius 2 is 2.18 bits per heavy atom. The summed E-state index contributed by atoms with van der Waals surface area (Å²) in [4.78, 5) is 24.9. The van der Waals surface area contributed by atoms with Crippen LogP contribution in [0.2, 0.25) is 0 Å². The first-order valence-corrected chi connectivity index (χ1v) is 7.00. The Morgan fingerprint density at radius 3 is 2.65 bits per heavy atom. The zero-order chi connectivity index (χ0) is 12.5. The van der Waals surface area contributed by atoms with E-state index in [9.17, 15) is 9.59 Å². The number of carboxylic acid groups (broad SMARTS) is 1. The highest BCUT2D eigenvalue weighted by Crippen LogP contribution is 2.32. The van der Waals surface area contributed by atoms with Crippen LogP contribution in [-0.4, -0.2) is 51.6 Å². The number of nitrogens with one attached hydrogen (secondary N) is 1. The fourth-order valence-electron chi connectivity index (χ4n) is 2.21. The lowest BCUT2D eigenvalue weighted by molar-refractivity contribution is -0.148. The van der Waals surface area contributed by atoms with Gasteiger partial charge in [0, 0.05) is 24.1 Å². The van der Waals surface area contributed by atoms with Gasteiger partial charge in [0.05, 0.1) is 0 Å². The average molecular weight is 258 g/mol. The van der Waals surface area contributed by atoms with Crippen molar-refractivity contribution >= 4 is 23.8 Å². The molecule has 2 N–H and O–H groups in total. The summed E-state index contributed by atoms with van der Waals surface area (Å²) in [6.07, 6.45) is 1.97. The molecular weight excluding hydrogens is 240 g/mol. The highest BCUT2D eigenvalue weighted by atomic mass is 32.2. The van der Waals surface area contributed by atoms with E-state index in [2.05, 4.69) is 12.2 Å². The molecule has 1 unspecified atom stereocenters. The van der Waals surface area contributed by atoms with Crippen LogP contribution in [0.15, 0.2) is 0 Å². The van der Waals surface area contributed by atoms with Gasteiger partial charge in [-0.25, -0.2) is 9.59 Å². The molecule has 0 aromatic heterocycles. The summed E-state index contributed by atoms with van der Waals surface area (Å²) in [5.74, 6) is 0.0193. The molecule has 1 aliphatic heterocycles. The van der Waals surface area contributed by atoms with E-state index in [0.717, 1.165) is 12.2 Å². The maximum atomic E-state index is 12.0. The molecule has 17 heavy (non-hydrogen) atoms. The molecule has 1 aliphatic carbocycles. The minimum atomic E-state index is -0.995. The number of carbonyl (C=O) groups excluding carboxylic acids is 1. The van der Waals surface area contributed by atoms with E-state index in [1.54, 1.807) is 4.90 Å². The predicted octanol–water partition coefficient (Wildman–Crippen LogP) is 1.14. The van der Waals surface area contributed by atoms with Crippen molar-refractivity contribution in [1.29, 1.82) is 0 Å². The smallest absolute Gasteiger partial charge is 0.329 e. The second-order valence-electron chi connectivity index (χ2n) is 4.80. The largest absolute Gasteiger partial charge is 0.480 e. The van der Waals surface area contributed by atoms with Crippen LogP contribution in [0, 0.1) is 0 Å². The van der Waals surface area contributed by atoms with Crippen LogP contribution < -0.4 is 5.32 Å². The van der Waals surface area contributed by atoms with Crippen LogP contribution >= 0.6 is 11.8 Å². The molecule has 2 fully saturated rings. The molecule has 1 saturated carbocycles. The van der Waals surface area contributed by atoms with Gasteiger partial charge in [-0.2, -0.15) is 11.8 Å². The van der Waals surface area contributed by atoms with Gasteiger partial charge in [0.15, 0.2) is 0 Å². The topological polar surface area (TPSA) is 69.6 Å². The lowest BCUT2D eigenvalue weighted by Gasteiger charge is -2.40. The molecule has 2 amide bonds. The van der Waals surface area contributed by atoms with Gasteiger partial charge in [-0.3, -0.25) is 0 Å². The first-order valence-electron chi connectivity index (χ1n) is 5.96. The van der Waals surface area contributed by atoms with Gasteiger partial charge >= 0.3 is 12.0 Å². The van der Waals surface area contributed by atoms with Gasteiger partial charge in [-0.05, 0) is 19.3 Å². The maximum absolute atomic E-state index is 12.0. The summed E-state index contributed by atoms with van der Waals surface area (Å²) in [5, 5.41) is 12.3. The summed E-state index contributed by atoms with van der Waals surface area (Å²) >= 11 is 1.85. The van der Waals surface area contributed by atoms with E-state index in [1.165, 1.54) is 0 Å². The normalized spacial score (nSPS) is 27.1. The standard InChI is InChI=1S/C11H18N2O3S/c1-8-7-13(5-6-17-8)10(16)12-11(9(14)15)3-2-4-11/h8H,2-7H2,1H3,(H,12,16)(H,14,15). The fourth-order valence-corrected chi connectivity index (χ4v) is 3.22. The van der Waals surface area contributed by atoms with Crippen LogP contribution in [-0.2, 0) is 4.79 Å². The van der Waals surface area contributed by atoms with Crippen molar-refractivity contribution in [2.45, 2.75) is 37.0 Å². The first kappa shape index (κ1) is 12.5. The molecule has 5 nitrogen and oxygen atoms in total. The first-order chi connectivity index (χ1) is 8.03. The number of rotatable bonds is 2. The van der Waals surface area contributed by atoms with Crippen LogP contribution in [0.5, 0.6) is 0 Å². The van der Waals surface area contributed by atoms with Crippen LogP contribution in [0.4, 0.5) is 4.79 Å². The van der Waals surface area contributed by atoms with Crippen molar-refractivity contribution in [3.05, 3.63) is 0 Å². The molecule has 96 valence electrons. The Bertz CT molecular complexity index is 331. The molecule has 0 bridgehead atoms. The Labute approximate surface area is 105 Å². The van der Waals surface area contributed by atoms with Gasteiger partial charge in [0.1, 0.15) is 5.54 Å². The minimum absolute atomic E-state index is 0.223. The molecule has 0 aromatic rings. The molecule has 0 radical (unpaired) electrons. The van der Waals surface area contributed by atoms with E-state index in [1.807, 2.05) is 11.8 Å². The number of carbonyl (C=O) groups is 2. The summed E-state index contributed by atoms with van der Waals surface area (Å²) in [6, 6.07) is -0.223. The van der Waals surface area contributed by atoms with E-state index >= 15 is 0 Å². The van der Waals surface area contributed by atoms with Crippen LogP contribution in [0.25, 0.3) is 0 Å². The second-order valence-corrected chi connectivity index (χ2v) is 6.34. The molecule has 2 aliphatic rings. The number of aliphatic carboxylic acids is 1. The Morgan fingerprint density at radius 1 is 1.47 bits per heavy atom. The third-order valence-corrected chi connectivity index (χ3v) is 4.63. The quantitative estimate of drug-likeness (QED) is 0.779. The zero-order valence-corrected chi connectivity index (χ0v) is 10.8. The van der Waals surface area contributed by atoms with Crippen molar-refractivity contribution in [1.82, 2.24) is 10.2 Å². The molecule has 6 heteroatoms. The molecule has 0 aromatic carbocycles. The highest BCUT2D eigenvalue weighted by Gasteiger charge is 2.46. The summed E-state index contributed by atoms with van der Waals surface area (Å²) in [7, 11) is 0. The Balaban J connectivity index is 1.94. The van der Waals surface area contributed by atoms with Gasteiger partial charge in [0.25, 0.3) is 0 Å². The zero-order valence-electron chi connectivity index (χ0n) is 9.94. The minimum Gasteiger partial charge on any atom is -0.480 e. The summed E-state index contributed by atoms with van der Waals surface area (Å²) < 4.78 is 0. The molecule has 1 saturated heterocycles. The monoisotopic (exact) mass is 258 g/mol. The number of urea groups is 1. The number of thioether (sulfide) groups is 1. The second kappa shape index (κ2) is 4.76. The fraction of sp³-hybridized carbons (Fsp3) is 0.818. The number of nitrogens with zero attached hydrogens (tertiary/aromatic N) is 1. The maximum Gasteiger partial charge on any atom is 0.329 e. The Hall–Kier alpha value is -0.910. The van der Waals surface area contributed by atoms with E-state index in [0.29, 0.717) is 31.2 Å². The number of hydrogen-bond acceptors (Lipinski definition) is 3. The molecule has 2 rings (SSSR count). The highest BCUT2D eigenvalue weighted by molar-refractivity contribution is 7.99. The van der Waals surface area contributed by atoms with E-state index < -0.39 is 11.5 Å². The molecular formula is C11H18N2O3S. The molecule has 0 spiro atoms. The van der Waals surface area contributed by atoms with Crippen molar-refractivity contribution in [2.24, 2.45) is 0 Å². The molecule has 1 atom stereocenters. The SMILES string of the molecule is CC1CN(C(=O)NC2(C(=O)O)CCC2)CCS1. The third kappa shape index (κ3) is 2.51. The van der Waals surface area contributed by atoms with E-state index in [4.69, 9.17) is 5.11 Å². The van der Waals surface area contributed by atoms with Crippen LogP contribution in [0.3, 0.4) is 0 Å². The predicted molar refractivity (Wildman–Crippen MR) is 66.2 cm³/mol. The number of carboxylic acids is 1. The average Bonchev–Trinajstić information content (AvgIpc) is 2.22. The van der Waals surface area contributed by atoms with Crippen molar-refractivity contribution in [2.75, 3.05) is 18.8 Å². The number of hydrogen-bond donors (Lipinski definition) is 2. The van der Waals surface area contributed by atoms with Gasteiger partial charge < -0.3 is 15.3 Å². The van der Waals surface area contributed by atoms with Crippen molar-refractivity contribution < 1.29 is 14.7 Å². The molecule has 1 heterocycles. The van der Waals surface area contributed by atoms with Crippen molar-refractivity contribution in [3.63, 3.8) is 0 Å². The lowest BCUT2D eigenvalue weighted by Crippen LogP contribution is -2.62. The summed E-state index contributed by atoms with van der Waals surface area (Å²) in [5.41, 5.74) is -0.995. The van der Waals surface area contributed by atoms with Gasteiger partial charge in [0.2, 0.25) is 0 Å². The third-order valence-electron chi connectivity index (χ3n) is 3.49. The van der Waals surface area contributed by atoms with E-state index in [-0.39, 0.29) is 6.03 Å². The Kier molecular flexibility index (Phi) is 3.51. The number of amides is 2. The van der Waals surface area contributed by atoms with Crippen molar-refractivity contribution in [3.8, 4) is 0 Å². The van der Waals surface area contributed by atoms with Gasteiger partial charge in [-0.15, -0.1) is 0 Å². The van der Waals surface area contributed by atoms with Crippen LogP contribution in [0.1, 0.15) is 26.2 Å². The summed E-state index contributed by atoms with van der Waals surface area (Å²) in [6.45, 7) is 3.49. The van der Waals surface area contributed by atoms with Gasteiger partial charge in [-0.1, -0.05) is 6.92 Å². The lowest BCUT2D eigenvalue weighted by atomic mass is 9.77.